The highest BCUT2D eigenvalue weighted by Gasteiger charge is 2.22. The molecule has 0 unspecified atom stereocenters. The van der Waals surface area contributed by atoms with Gasteiger partial charge in [0.25, 0.3) is 5.91 Å². The number of benzene rings is 1. The van der Waals surface area contributed by atoms with Crippen molar-refractivity contribution in [3.8, 4) is 5.75 Å². The summed E-state index contributed by atoms with van der Waals surface area (Å²) in [6.45, 7) is 5.45. The highest BCUT2D eigenvalue weighted by atomic mass is 19.1. The van der Waals surface area contributed by atoms with Crippen molar-refractivity contribution in [2.75, 3.05) is 20.2 Å². The zero-order valence-corrected chi connectivity index (χ0v) is 14.3. The second-order valence-corrected chi connectivity index (χ2v) is 5.69. The molecule has 1 aromatic heterocycles. The van der Waals surface area contributed by atoms with Gasteiger partial charge in [-0.25, -0.2) is 4.39 Å². The van der Waals surface area contributed by atoms with E-state index >= 15 is 0 Å². The molecule has 1 heterocycles. The van der Waals surface area contributed by atoms with Crippen molar-refractivity contribution in [2.24, 2.45) is 0 Å². The molecule has 0 aliphatic rings. The summed E-state index contributed by atoms with van der Waals surface area (Å²) >= 11 is 0. The summed E-state index contributed by atoms with van der Waals surface area (Å²) in [7, 11) is 1.64. The molecule has 0 aliphatic carbocycles. The fourth-order valence-electron chi connectivity index (χ4n) is 2.64. The van der Waals surface area contributed by atoms with E-state index in [-0.39, 0.29) is 24.0 Å². The standard InChI is InChI=1S/C18H21FN2O3/c1-11-16(13(3)22)12(2)20-17(11)18(23)21(4)9-10-24-15-8-6-5-7-14(15)19/h5-8,20H,9-10H2,1-4H3. The summed E-state index contributed by atoms with van der Waals surface area (Å²) in [5, 5.41) is 0. The lowest BCUT2D eigenvalue weighted by Gasteiger charge is -2.17. The minimum absolute atomic E-state index is 0.0779. The molecule has 0 radical (unpaired) electrons. The Morgan fingerprint density at radius 1 is 1.25 bits per heavy atom. The van der Waals surface area contributed by atoms with Crippen molar-refractivity contribution in [3.05, 3.63) is 52.6 Å². The predicted molar refractivity (Wildman–Crippen MR) is 89.1 cm³/mol. The minimum atomic E-state index is -0.437. The average Bonchev–Trinajstić information content (AvgIpc) is 2.83. The number of nitrogens with one attached hydrogen (secondary N) is 1. The molecule has 24 heavy (non-hydrogen) atoms. The summed E-state index contributed by atoms with van der Waals surface area (Å²) in [5.74, 6) is -0.594. The molecular weight excluding hydrogens is 311 g/mol. The number of rotatable bonds is 6. The SMILES string of the molecule is CC(=O)c1c(C)[nH]c(C(=O)N(C)CCOc2ccccc2F)c1C. The second-order valence-electron chi connectivity index (χ2n) is 5.69. The lowest BCUT2D eigenvalue weighted by Crippen LogP contribution is -2.31. The average molecular weight is 332 g/mol. The Hall–Kier alpha value is -2.63. The predicted octanol–water partition coefficient (Wildman–Crippen LogP) is 3.12. The highest BCUT2D eigenvalue weighted by Crippen LogP contribution is 2.20. The van der Waals surface area contributed by atoms with E-state index in [4.69, 9.17) is 4.74 Å². The number of aromatic amines is 1. The number of H-pyrrole nitrogens is 1. The largest absolute Gasteiger partial charge is 0.489 e. The van der Waals surface area contributed by atoms with Gasteiger partial charge >= 0.3 is 0 Å². The molecule has 0 bridgehead atoms. The molecule has 1 aromatic carbocycles. The minimum Gasteiger partial charge on any atom is -0.489 e. The van der Waals surface area contributed by atoms with Crippen LogP contribution in [0.2, 0.25) is 0 Å². The molecule has 6 heteroatoms. The van der Waals surface area contributed by atoms with E-state index in [1.54, 1.807) is 33.0 Å². The Labute approximate surface area is 140 Å². The molecule has 1 N–H and O–H groups in total. The van der Waals surface area contributed by atoms with E-state index < -0.39 is 5.82 Å². The van der Waals surface area contributed by atoms with Gasteiger partial charge in [-0.1, -0.05) is 12.1 Å². The number of carbonyl (C=O) groups excluding carboxylic acids is 2. The van der Waals surface area contributed by atoms with E-state index in [1.807, 2.05) is 0 Å². The van der Waals surface area contributed by atoms with E-state index in [1.165, 1.54) is 24.0 Å². The Morgan fingerprint density at radius 2 is 1.92 bits per heavy atom. The highest BCUT2D eigenvalue weighted by molar-refractivity contribution is 6.02. The third-order valence-electron chi connectivity index (χ3n) is 3.87. The summed E-state index contributed by atoms with van der Waals surface area (Å²) in [5.41, 5.74) is 2.27. The second kappa shape index (κ2) is 7.29. The maximum Gasteiger partial charge on any atom is 0.270 e. The summed E-state index contributed by atoms with van der Waals surface area (Å²) in [4.78, 5) is 28.6. The van der Waals surface area contributed by atoms with Crippen LogP contribution in [0, 0.1) is 19.7 Å². The number of carbonyl (C=O) groups is 2. The Balaban J connectivity index is 2.01. The number of aryl methyl sites for hydroxylation is 1. The van der Waals surface area contributed by atoms with Gasteiger partial charge in [0.05, 0.1) is 6.54 Å². The molecule has 0 saturated carbocycles. The molecule has 5 nitrogen and oxygen atoms in total. The molecule has 2 aromatic rings. The maximum absolute atomic E-state index is 13.5. The van der Waals surface area contributed by atoms with Crippen LogP contribution in [0.15, 0.2) is 24.3 Å². The number of aromatic nitrogens is 1. The lowest BCUT2D eigenvalue weighted by molar-refractivity contribution is 0.0767. The quantitative estimate of drug-likeness (QED) is 0.827. The number of Topliss-reactive ketones (excluding diaryl/α,β-unsaturated/α-hetero) is 1. The van der Waals surface area contributed by atoms with Crippen molar-refractivity contribution < 1.29 is 18.7 Å². The molecule has 2 rings (SSSR count). The fourth-order valence-corrected chi connectivity index (χ4v) is 2.64. The van der Waals surface area contributed by atoms with E-state index in [9.17, 15) is 14.0 Å². The Kier molecular flexibility index (Phi) is 5.39. The van der Waals surface area contributed by atoms with Crippen LogP contribution in [0.25, 0.3) is 0 Å². The number of halogens is 1. The van der Waals surface area contributed by atoms with Crippen molar-refractivity contribution in [1.29, 1.82) is 0 Å². The monoisotopic (exact) mass is 332 g/mol. The first-order chi connectivity index (χ1) is 11.3. The molecule has 128 valence electrons. The van der Waals surface area contributed by atoms with Crippen molar-refractivity contribution in [3.63, 3.8) is 0 Å². The molecular formula is C18H21FN2O3. The zero-order chi connectivity index (χ0) is 17.9. The van der Waals surface area contributed by atoms with E-state index in [0.29, 0.717) is 29.1 Å². The van der Waals surface area contributed by atoms with Gasteiger partial charge in [-0.15, -0.1) is 0 Å². The van der Waals surface area contributed by atoms with Crippen molar-refractivity contribution >= 4 is 11.7 Å². The van der Waals surface area contributed by atoms with Gasteiger partial charge in [0.2, 0.25) is 0 Å². The van der Waals surface area contributed by atoms with Crippen LogP contribution in [-0.2, 0) is 0 Å². The first kappa shape index (κ1) is 17.7. The summed E-state index contributed by atoms with van der Waals surface area (Å²) in [6.07, 6.45) is 0. The van der Waals surface area contributed by atoms with Gasteiger partial charge in [-0.3, -0.25) is 9.59 Å². The molecule has 0 spiro atoms. The summed E-state index contributed by atoms with van der Waals surface area (Å²) < 4.78 is 18.8. The van der Waals surface area contributed by atoms with Gasteiger partial charge in [0.1, 0.15) is 12.3 Å². The number of amides is 1. The van der Waals surface area contributed by atoms with Crippen LogP contribution in [0.4, 0.5) is 4.39 Å². The van der Waals surface area contributed by atoms with E-state index in [2.05, 4.69) is 4.98 Å². The number of likely N-dealkylation sites (N-methyl/N-ethyl adjacent to an activating group) is 1. The van der Waals surface area contributed by atoms with Gasteiger partial charge in [0, 0.05) is 18.3 Å². The number of ether oxygens (including phenoxy) is 1. The Bertz CT molecular complexity index is 768. The van der Waals surface area contributed by atoms with Crippen LogP contribution in [-0.4, -0.2) is 41.8 Å². The third-order valence-corrected chi connectivity index (χ3v) is 3.87. The number of para-hydroxylation sites is 1. The number of hydrogen-bond acceptors (Lipinski definition) is 3. The van der Waals surface area contributed by atoms with Crippen molar-refractivity contribution in [2.45, 2.75) is 20.8 Å². The van der Waals surface area contributed by atoms with Gasteiger partial charge < -0.3 is 14.6 Å². The van der Waals surface area contributed by atoms with Crippen LogP contribution in [0.1, 0.15) is 39.0 Å². The fraction of sp³-hybridized carbons (Fsp3) is 0.333. The third kappa shape index (κ3) is 3.64. The van der Waals surface area contributed by atoms with E-state index in [0.717, 1.165) is 0 Å². The molecule has 0 aliphatic heterocycles. The summed E-state index contributed by atoms with van der Waals surface area (Å²) in [6, 6.07) is 6.12. The topological polar surface area (TPSA) is 62.4 Å². The van der Waals surface area contributed by atoms with Gasteiger partial charge in [-0.05, 0) is 38.5 Å². The van der Waals surface area contributed by atoms with Crippen molar-refractivity contribution in [1.82, 2.24) is 9.88 Å². The number of nitrogens with zero attached hydrogens (tertiary/aromatic N) is 1. The maximum atomic E-state index is 13.5. The van der Waals surface area contributed by atoms with Crippen LogP contribution >= 0.6 is 0 Å². The normalized spacial score (nSPS) is 10.5. The van der Waals surface area contributed by atoms with Crippen LogP contribution < -0.4 is 4.74 Å². The smallest absolute Gasteiger partial charge is 0.270 e. The number of ketones is 1. The Morgan fingerprint density at radius 3 is 2.50 bits per heavy atom. The van der Waals surface area contributed by atoms with Crippen LogP contribution in [0.3, 0.4) is 0 Å². The molecule has 0 atom stereocenters. The van der Waals surface area contributed by atoms with Gasteiger partial charge in [0.15, 0.2) is 17.3 Å². The lowest BCUT2D eigenvalue weighted by atomic mass is 10.1. The molecule has 0 fully saturated rings. The number of hydrogen-bond donors (Lipinski definition) is 1. The first-order valence-corrected chi connectivity index (χ1v) is 7.65. The molecule has 1 amide bonds. The first-order valence-electron chi connectivity index (χ1n) is 7.65. The molecule has 0 saturated heterocycles. The van der Waals surface area contributed by atoms with Crippen LogP contribution in [0.5, 0.6) is 5.75 Å². The zero-order valence-electron chi connectivity index (χ0n) is 14.3. The van der Waals surface area contributed by atoms with Gasteiger partial charge in [-0.2, -0.15) is 0 Å².